The Bertz CT molecular complexity index is 1070. The van der Waals surface area contributed by atoms with Crippen LogP contribution >= 0.6 is 19.2 Å². The lowest BCUT2D eigenvalue weighted by Crippen LogP contribution is -1.99. The summed E-state index contributed by atoms with van der Waals surface area (Å²) in [5.74, 6) is -0.365. The number of aliphatic hydroxyl groups is 1. The summed E-state index contributed by atoms with van der Waals surface area (Å²) in [5.41, 5.74) is 1.81. The molecule has 0 radical (unpaired) electrons. The Labute approximate surface area is 179 Å². The van der Waals surface area contributed by atoms with E-state index in [0.29, 0.717) is 22.0 Å². The molecule has 1 aromatic heterocycles. The van der Waals surface area contributed by atoms with Crippen LogP contribution in [-0.4, -0.2) is 28.1 Å². The van der Waals surface area contributed by atoms with Crippen molar-refractivity contribution in [1.82, 2.24) is 9.78 Å². The fourth-order valence-corrected chi connectivity index (χ4v) is 4.21. The van der Waals surface area contributed by atoms with Gasteiger partial charge in [0.25, 0.3) is 0 Å². The van der Waals surface area contributed by atoms with Gasteiger partial charge in [-0.3, -0.25) is 4.57 Å². The normalized spacial score (nSPS) is 12.3. The van der Waals surface area contributed by atoms with E-state index in [-0.39, 0.29) is 19.0 Å². The van der Waals surface area contributed by atoms with Gasteiger partial charge in [0.05, 0.1) is 24.6 Å². The molecule has 3 rings (SSSR count). The molecule has 0 aliphatic heterocycles. The lowest BCUT2D eigenvalue weighted by molar-refractivity contribution is 0.212. The standard InChI is InChI=1S/C21H21ClFN2O4P/c1-3-28-30(27,29-4-2)21(26)13-20-19(15-5-7-16(22)8-6-15)14-25(24-20)18-11-9-17(23)10-12-18/h5-14,26H,3-4H2,1-2H3. The summed E-state index contributed by atoms with van der Waals surface area (Å²) in [7, 11) is -3.87. The number of nitrogens with zero attached hydrogens (tertiary/aromatic N) is 2. The van der Waals surface area contributed by atoms with E-state index in [1.54, 1.807) is 56.4 Å². The van der Waals surface area contributed by atoms with Crippen LogP contribution in [0.1, 0.15) is 19.5 Å². The largest absolute Gasteiger partial charge is 0.501 e. The van der Waals surface area contributed by atoms with Gasteiger partial charge >= 0.3 is 7.60 Å². The number of rotatable bonds is 8. The Morgan fingerprint density at radius 3 is 2.30 bits per heavy atom. The first-order valence-corrected chi connectivity index (χ1v) is 11.2. The molecular formula is C21H21ClFN2O4P. The number of aliphatic hydroxyl groups excluding tert-OH is 1. The smallest absolute Gasteiger partial charge is 0.395 e. The first-order chi connectivity index (χ1) is 14.4. The molecule has 0 saturated heterocycles. The van der Waals surface area contributed by atoms with E-state index in [4.69, 9.17) is 20.6 Å². The van der Waals surface area contributed by atoms with Crippen LogP contribution in [0.5, 0.6) is 0 Å². The fourth-order valence-electron chi connectivity index (χ4n) is 2.78. The minimum atomic E-state index is -3.87. The van der Waals surface area contributed by atoms with Gasteiger partial charge in [-0.15, -0.1) is 0 Å². The molecule has 0 aliphatic rings. The van der Waals surface area contributed by atoms with Crippen molar-refractivity contribution in [2.45, 2.75) is 13.8 Å². The number of hydrogen-bond acceptors (Lipinski definition) is 5. The van der Waals surface area contributed by atoms with E-state index in [1.165, 1.54) is 22.9 Å². The van der Waals surface area contributed by atoms with Crippen molar-refractivity contribution in [2.75, 3.05) is 13.2 Å². The highest BCUT2D eigenvalue weighted by Crippen LogP contribution is 2.55. The van der Waals surface area contributed by atoms with Crippen molar-refractivity contribution < 1.29 is 23.1 Å². The van der Waals surface area contributed by atoms with Crippen LogP contribution in [0.2, 0.25) is 5.02 Å². The summed E-state index contributed by atoms with van der Waals surface area (Å²) in [6.07, 6.45) is 2.98. The zero-order valence-corrected chi connectivity index (χ0v) is 18.1. The Morgan fingerprint density at radius 2 is 1.73 bits per heavy atom. The van der Waals surface area contributed by atoms with Gasteiger partial charge in [0.15, 0.2) is 0 Å². The summed E-state index contributed by atoms with van der Waals surface area (Å²) in [4.78, 5) is 0. The third kappa shape index (κ3) is 4.99. The topological polar surface area (TPSA) is 73.6 Å². The number of aromatic nitrogens is 2. The average Bonchev–Trinajstić information content (AvgIpc) is 3.13. The third-order valence-corrected chi connectivity index (χ3v) is 6.27. The molecule has 0 spiro atoms. The summed E-state index contributed by atoms with van der Waals surface area (Å²) in [6.45, 7) is 3.51. The molecule has 0 aliphatic carbocycles. The van der Waals surface area contributed by atoms with E-state index in [0.717, 1.165) is 5.56 Å². The van der Waals surface area contributed by atoms with Crippen LogP contribution in [0.25, 0.3) is 22.9 Å². The molecule has 30 heavy (non-hydrogen) atoms. The maximum absolute atomic E-state index is 13.3. The van der Waals surface area contributed by atoms with E-state index < -0.39 is 13.1 Å². The van der Waals surface area contributed by atoms with E-state index in [1.807, 2.05) is 0 Å². The van der Waals surface area contributed by atoms with Gasteiger partial charge in [-0.2, -0.15) is 5.10 Å². The van der Waals surface area contributed by atoms with E-state index in [2.05, 4.69) is 5.10 Å². The van der Waals surface area contributed by atoms with Crippen molar-refractivity contribution >= 4 is 25.3 Å². The van der Waals surface area contributed by atoms with Crippen molar-refractivity contribution in [2.24, 2.45) is 0 Å². The predicted molar refractivity (Wildman–Crippen MR) is 115 cm³/mol. The highest BCUT2D eigenvalue weighted by atomic mass is 35.5. The monoisotopic (exact) mass is 450 g/mol. The van der Waals surface area contributed by atoms with E-state index in [9.17, 15) is 14.1 Å². The van der Waals surface area contributed by atoms with Crippen molar-refractivity contribution in [3.63, 3.8) is 0 Å². The van der Waals surface area contributed by atoms with Crippen LogP contribution in [0.15, 0.2) is 60.2 Å². The first kappa shape index (κ1) is 22.2. The molecule has 1 heterocycles. The second-order valence-electron chi connectivity index (χ2n) is 6.19. The zero-order chi connectivity index (χ0) is 21.7. The molecule has 3 aromatic rings. The van der Waals surface area contributed by atoms with Crippen LogP contribution in [0.3, 0.4) is 0 Å². The molecule has 0 atom stereocenters. The molecular weight excluding hydrogens is 430 g/mol. The second-order valence-corrected chi connectivity index (χ2v) is 8.60. The second kappa shape index (κ2) is 9.58. The van der Waals surface area contributed by atoms with Gasteiger partial charge in [-0.05, 0) is 55.8 Å². The van der Waals surface area contributed by atoms with Gasteiger partial charge in [0.1, 0.15) is 5.82 Å². The van der Waals surface area contributed by atoms with Gasteiger partial charge in [-0.25, -0.2) is 9.07 Å². The molecule has 0 amide bonds. The van der Waals surface area contributed by atoms with Gasteiger partial charge in [-0.1, -0.05) is 23.7 Å². The summed E-state index contributed by atoms with van der Waals surface area (Å²) in [6, 6.07) is 12.9. The molecule has 1 N–H and O–H groups in total. The zero-order valence-electron chi connectivity index (χ0n) is 16.5. The quantitative estimate of drug-likeness (QED) is 0.315. The summed E-state index contributed by atoms with van der Waals surface area (Å²) < 4.78 is 38.1. The highest BCUT2D eigenvalue weighted by molar-refractivity contribution is 7.58. The molecule has 158 valence electrons. The Morgan fingerprint density at radius 1 is 1.13 bits per heavy atom. The molecule has 0 bridgehead atoms. The molecule has 0 saturated carbocycles. The maximum atomic E-state index is 13.3. The lowest BCUT2D eigenvalue weighted by Gasteiger charge is -2.15. The Kier molecular flexibility index (Phi) is 7.10. The Hall–Kier alpha value is -2.44. The summed E-state index contributed by atoms with van der Waals surface area (Å²) >= 11 is 5.99. The summed E-state index contributed by atoms with van der Waals surface area (Å²) in [5, 5.41) is 15.6. The highest BCUT2D eigenvalue weighted by Gasteiger charge is 2.30. The average molecular weight is 451 g/mol. The molecule has 6 nitrogen and oxygen atoms in total. The minimum Gasteiger partial charge on any atom is -0.501 e. The lowest BCUT2D eigenvalue weighted by atomic mass is 10.1. The van der Waals surface area contributed by atoms with Gasteiger partial charge < -0.3 is 14.2 Å². The maximum Gasteiger partial charge on any atom is 0.395 e. The van der Waals surface area contributed by atoms with Gasteiger partial charge in [0, 0.05) is 22.9 Å². The number of halogens is 2. The number of benzene rings is 2. The van der Waals surface area contributed by atoms with Crippen LogP contribution in [-0.2, 0) is 13.6 Å². The molecule has 0 unspecified atom stereocenters. The molecule has 2 aromatic carbocycles. The van der Waals surface area contributed by atoms with Crippen LogP contribution < -0.4 is 0 Å². The first-order valence-electron chi connectivity index (χ1n) is 9.28. The molecule has 0 fully saturated rings. The predicted octanol–water partition coefficient (Wildman–Crippen LogP) is 6.45. The third-order valence-electron chi connectivity index (χ3n) is 4.13. The van der Waals surface area contributed by atoms with Crippen molar-refractivity contribution in [3.8, 4) is 16.8 Å². The van der Waals surface area contributed by atoms with Crippen molar-refractivity contribution in [3.05, 3.63) is 76.8 Å². The fraction of sp³-hybridized carbons (Fsp3) is 0.190. The minimum absolute atomic E-state index is 0.100. The SMILES string of the molecule is CCOP(=O)(OCC)C(O)=Cc1nn(-c2ccc(F)cc2)cc1-c1ccc(Cl)cc1. The van der Waals surface area contributed by atoms with E-state index >= 15 is 0 Å². The van der Waals surface area contributed by atoms with Crippen LogP contribution in [0, 0.1) is 5.82 Å². The van der Waals surface area contributed by atoms with Gasteiger partial charge in [0.2, 0.25) is 5.50 Å². The van der Waals surface area contributed by atoms with Crippen molar-refractivity contribution in [1.29, 1.82) is 0 Å². The molecule has 9 heteroatoms. The number of hydrogen-bond donors (Lipinski definition) is 1. The van der Waals surface area contributed by atoms with Crippen LogP contribution in [0.4, 0.5) is 4.39 Å². The Balaban J connectivity index is 2.12.